The molecule has 3 aromatic heterocycles. The van der Waals surface area contributed by atoms with Crippen LogP contribution in [0.4, 0.5) is 0 Å². The summed E-state index contributed by atoms with van der Waals surface area (Å²) in [6.45, 7) is 2.00. The summed E-state index contributed by atoms with van der Waals surface area (Å²) in [5.41, 5.74) is 8.69. The molecule has 5 heteroatoms. The fourth-order valence-electron chi connectivity index (χ4n) is 6.93. The van der Waals surface area contributed by atoms with E-state index in [1.54, 1.807) is 0 Å². The predicted octanol–water partition coefficient (Wildman–Crippen LogP) is 11.0. The van der Waals surface area contributed by atoms with Gasteiger partial charge in [-0.05, 0) is 48.4 Å². The normalized spacial score (nSPS) is 12.0. The quantitative estimate of drug-likeness (QED) is 0.172. The zero-order valence-electron chi connectivity index (χ0n) is 26.9. The molecule has 9 rings (SSSR count). The van der Waals surface area contributed by atoms with Crippen LogP contribution in [0, 0.1) is 0 Å². The van der Waals surface area contributed by atoms with Gasteiger partial charge in [-0.3, -0.25) is 4.57 Å². The zero-order valence-corrected chi connectivity index (χ0v) is 26.9. The van der Waals surface area contributed by atoms with Crippen molar-refractivity contribution in [3.05, 3.63) is 170 Å². The average Bonchev–Trinajstić information content (AvgIpc) is 3.69. The maximum Gasteiger partial charge on any atom is 0.238 e. The monoisotopic (exact) mass is 629 g/mol. The summed E-state index contributed by atoms with van der Waals surface area (Å²) in [6.07, 6.45) is 7.89. The van der Waals surface area contributed by atoms with Crippen LogP contribution in [0.25, 0.3) is 83.8 Å². The van der Waals surface area contributed by atoms with Gasteiger partial charge < -0.3 is 4.57 Å². The third-order valence-corrected chi connectivity index (χ3v) is 9.12. The van der Waals surface area contributed by atoms with Gasteiger partial charge in [-0.2, -0.15) is 9.97 Å². The number of fused-ring (bicyclic) bond motifs is 7. The summed E-state index contributed by atoms with van der Waals surface area (Å²) in [4.78, 5) is 15.3. The van der Waals surface area contributed by atoms with Gasteiger partial charge in [-0.25, -0.2) is 4.98 Å². The van der Waals surface area contributed by atoms with Crippen molar-refractivity contribution >= 4 is 49.7 Å². The predicted molar refractivity (Wildman–Crippen MR) is 203 cm³/mol. The molecule has 0 aliphatic rings. The Hall–Kier alpha value is -6.59. The number of nitrogens with zero attached hydrogens (tertiary/aromatic N) is 5. The minimum Gasteiger partial charge on any atom is -0.307 e. The lowest BCUT2D eigenvalue weighted by Gasteiger charge is -2.12. The zero-order chi connectivity index (χ0) is 32.7. The Morgan fingerprint density at radius 2 is 1.00 bits per heavy atom. The first kappa shape index (κ1) is 28.6. The molecule has 0 fully saturated rings. The number of para-hydroxylation sites is 3. The van der Waals surface area contributed by atoms with E-state index in [0.29, 0.717) is 17.6 Å². The molecule has 0 radical (unpaired) electrons. The SMILES string of the molecule is C/C=C\C=C/c1nc(-c2ccc(-c3ccccc3)cc2)nc(-n2c3ccccc3c3ccc4c5ccccc5n(-c5ccccc5)c4c32)n1. The van der Waals surface area contributed by atoms with E-state index in [9.17, 15) is 0 Å². The second-order valence-electron chi connectivity index (χ2n) is 12.0. The first-order valence-electron chi connectivity index (χ1n) is 16.5. The molecule has 6 aromatic carbocycles. The molecule has 49 heavy (non-hydrogen) atoms. The molecule has 5 nitrogen and oxygen atoms in total. The maximum atomic E-state index is 5.22. The van der Waals surface area contributed by atoms with Gasteiger partial charge in [-0.15, -0.1) is 0 Å². The fourth-order valence-corrected chi connectivity index (χ4v) is 6.93. The van der Waals surface area contributed by atoms with Crippen molar-refractivity contribution in [3.63, 3.8) is 0 Å². The lowest BCUT2D eigenvalue weighted by Crippen LogP contribution is -2.07. The second-order valence-corrected chi connectivity index (χ2v) is 12.0. The van der Waals surface area contributed by atoms with Crippen LogP contribution in [0.1, 0.15) is 12.7 Å². The molecule has 0 N–H and O–H groups in total. The Morgan fingerprint density at radius 3 is 1.67 bits per heavy atom. The van der Waals surface area contributed by atoms with Gasteiger partial charge in [0, 0.05) is 32.8 Å². The molecule has 0 amide bonds. The molecule has 0 aliphatic carbocycles. The van der Waals surface area contributed by atoms with E-state index >= 15 is 0 Å². The van der Waals surface area contributed by atoms with Crippen LogP contribution in [0.3, 0.4) is 0 Å². The fraction of sp³-hybridized carbons (Fsp3) is 0.0227. The number of aromatic nitrogens is 5. The largest absolute Gasteiger partial charge is 0.307 e. The van der Waals surface area contributed by atoms with Gasteiger partial charge in [0.05, 0.1) is 22.1 Å². The van der Waals surface area contributed by atoms with E-state index in [0.717, 1.165) is 49.7 Å². The minimum atomic E-state index is 0.570. The van der Waals surface area contributed by atoms with E-state index in [2.05, 4.69) is 149 Å². The molecule has 0 saturated heterocycles. The van der Waals surface area contributed by atoms with Crippen molar-refractivity contribution in [1.82, 2.24) is 24.1 Å². The Labute approximate surface area is 283 Å². The summed E-state index contributed by atoms with van der Waals surface area (Å²) in [5, 5.41) is 4.66. The van der Waals surface area contributed by atoms with Crippen molar-refractivity contribution < 1.29 is 0 Å². The van der Waals surface area contributed by atoms with Gasteiger partial charge in [0.15, 0.2) is 11.6 Å². The van der Waals surface area contributed by atoms with Crippen LogP contribution < -0.4 is 0 Å². The molecule has 232 valence electrons. The first-order valence-corrected chi connectivity index (χ1v) is 16.5. The number of rotatable bonds is 6. The Balaban J connectivity index is 1.36. The summed E-state index contributed by atoms with van der Waals surface area (Å²) in [7, 11) is 0. The van der Waals surface area contributed by atoms with Crippen LogP contribution in [0.2, 0.25) is 0 Å². The van der Waals surface area contributed by atoms with Crippen molar-refractivity contribution in [3.8, 4) is 34.2 Å². The summed E-state index contributed by atoms with van der Waals surface area (Å²) in [5.74, 6) is 1.78. The van der Waals surface area contributed by atoms with Crippen LogP contribution >= 0.6 is 0 Å². The van der Waals surface area contributed by atoms with Crippen molar-refractivity contribution in [1.29, 1.82) is 0 Å². The summed E-state index contributed by atoms with van der Waals surface area (Å²) < 4.78 is 4.60. The van der Waals surface area contributed by atoms with Crippen LogP contribution in [-0.4, -0.2) is 24.1 Å². The Kier molecular flexibility index (Phi) is 6.95. The molecular weight excluding hydrogens is 599 g/mol. The standard InChI is InChI=1S/C44H31N5/c1-2-3-6-23-40-45-43(32-26-24-31(25-27-32)30-15-7-4-8-16-30)47-44(46-40)49-39-22-14-12-20-35(39)37-29-28-36-34-19-11-13-21-38(34)48(41(36)42(37)49)33-17-9-5-10-18-33/h2-29H,1H3/b3-2-,23-6-. The third kappa shape index (κ3) is 4.83. The van der Waals surface area contributed by atoms with Crippen molar-refractivity contribution in [2.75, 3.05) is 0 Å². The lowest BCUT2D eigenvalue weighted by molar-refractivity contribution is 0.936. The Bertz CT molecular complexity index is 2700. The topological polar surface area (TPSA) is 48.5 Å². The van der Waals surface area contributed by atoms with Crippen molar-refractivity contribution in [2.24, 2.45) is 0 Å². The van der Waals surface area contributed by atoms with Crippen LogP contribution in [-0.2, 0) is 0 Å². The smallest absolute Gasteiger partial charge is 0.238 e. The molecule has 0 bridgehead atoms. The van der Waals surface area contributed by atoms with Gasteiger partial charge in [0.2, 0.25) is 5.95 Å². The second kappa shape index (κ2) is 11.9. The van der Waals surface area contributed by atoms with E-state index in [1.165, 1.54) is 16.3 Å². The molecule has 0 unspecified atom stereocenters. The highest BCUT2D eigenvalue weighted by atomic mass is 15.2. The molecule has 9 aromatic rings. The molecular formula is C44H31N5. The Morgan fingerprint density at radius 1 is 0.449 bits per heavy atom. The highest BCUT2D eigenvalue weighted by Crippen LogP contribution is 2.41. The van der Waals surface area contributed by atoms with E-state index in [-0.39, 0.29) is 0 Å². The van der Waals surface area contributed by atoms with E-state index < -0.39 is 0 Å². The molecule has 0 spiro atoms. The molecule has 0 aliphatic heterocycles. The number of allylic oxidation sites excluding steroid dienone is 3. The highest BCUT2D eigenvalue weighted by molar-refractivity contribution is 6.23. The van der Waals surface area contributed by atoms with Gasteiger partial charge in [0.1, 0.15) is 0 Å². The van der Waals surface area contributed by atoms with Crippen LogP contribution in [0.5, 0.6) is 0 Å². The number of benzene rings is 6. The third-order valence-electron chi connectivity index (χ3n) is 9.12. The average molecular weight is 630 g/mol. The van der Waals surface area contributed by atoms with Crippen LogP contribution in [0.15, 0.2) is 164 Å². The maximum absolute atomic E-state index is 5.22. The summed E-state index contributed by atoms with van der Waals surface area (Å²) in [6, 6.07) is 51.1. The lowest BCUT2D eigenvalue weighted by atomic mass is 10.0. The molecule has 3 heterocycles. The minimum absolute atomic E-state index is 0.570. The van der Waals surface area contributed by atoms with E-state index in [1.807, 2.05) is 37.3 Å². The first-order chi connectivity index (χ1) is 24.3. The van der Waals surface area contributed by atoms with E-state index in [4.69, 9.17) is 15.0 Å². The molecule has 0 saturated carbocycles. The van der Waals surface area contributed by atoms with Gasteiger partial charge >= 0.3 is 0 Å². The molecule has 0 atom stereocenters. The summed E-state index contributed by atoms with van der Waals surface area (Å²) >= 11 is 0. The van der Waals surface area contributed by atoms with Crippen molar-refractivity contribution in [2.45, 2.75) is 6.92 Å². The highest BCUT2D eigenvalue weighted by Gasteiger charge is 2.22. The number of hydrogen-bond acceptors (Lipinski definition) is 3. The van der Waals surface area contributed by atoms with Gasteiger partial charge in [-0.1, -0.05) is 140 Å². The number of hydrogen-bond donors (Lipinski definition) is 0. The van der Waals surface area contributed by atoms with Gasteiger partial charge in [0.25, 0.3) is 0 Å².